The molecule has 1 aliphatic rings. The largest absolute Gasteiger partial charge is 0.340 e. The molecule has 0 spiro atoms. The smallest absolute Gasteiger partial charge is 0.254 e. The van der Waals surface area contributed by atoms with Crippen molar-refractivity contribution >= 4 is 16.9 Å². The van der Waals surface area contributed by atoms with Crippen molar-refractivity contribution in [1.29, 1.82) is 0 Å². The highest BCUT2D eigenvalue weighted by Gasteiger charge is 2.32. The Labute approximate surface area is 155 Å². The fourth-order valence-electron chi connectivity index (χ4n) is 3.69. The molecule has 7 heteroatoms. The summed E-state index contributed by atoms with van der Waals surface area (Å²) in [4.78, 5) is 27.0. The molecule has 1 unspecified atom stereocenters. The van der Waals surface area contributed by atoms with Gasteiger partial charge < -0.3 is 9.88 Å². The first kappa shape index (κ1) is 15.7. The van der Waals surface area contributed by atoms with E-state index in [0.29, 0.717) is 5.56 Å². The summed E-state index contributed by atoms with van der Waals surface area (Å²) < 4.78 is 1.67. The zero-order chi connectivity index (χ0) is 18.2. The van der Waals surface area contributed by atoms with E-state index in [2.05, 4.69) is 15.1 Å². The number of rotatable bonds is 3. The maximum Gasteiger partial charge on any atom is 0.254 e. The minimum absolute atomic E-state index is 0.0140. The zero-order valence-electron chi connectivity index (χ0n) is 14.6. The van der Waals surface area contributed by atoms with Crippen molar-refractivity contribution in [3.05, 3.63) is 72.6 Å². The molecular weight excluding hydrogens is 340 g/mol. The fraction of sp³-hybridized carbons (Fsp3) is 0.200. The number of nitrogens with one attached hydrogen (secondary N) is 1. The second-order valence-corrected chi connectivity index (χ2v) is 6.68. The molecule has 1 aliphatic heterocycles. The molecule has 0 radical (unpaired) electrons. The van der Waals surface area contributed by atoms with Gasteiger partial charge in [-0.2, -0.15) is 5.10 Å². The number of benzene rings is 2. The molecule has 5 rings (SSSR count). The van der Waals surface area contributed by atoms with E-state index in [9.17, 15) is 4.79 Å². The Kier molecular flexibility index (Phi) is 3.71. The van der Waals surface area contributed by atoms with Gasteiger partial charge in [-0.3, -0.25) is 4.79 Å². The number of fused-ring (bicyclic) bond motifs is 1. The Morgan fingerprint density at radius 2 is 1.96 bits per heavy atom. The molecule has 134 valence electrons. The molecule has 3 heterocycles. The van der Waals surface area contributed by atoms with E-state index in [1.165, 1.54) is 6.33 Å². The number of hydrogen-bond donors (Lipinski definition) is 1. The van der Waals surface area contributed by atoms with Crippen molar-refractivity contribution in [3.63, 3.8) is 0 Å². The summed E-state index contributed by atoms with van der Waals surface area (Å²) in [6.07, 6.45) is 5.02. The lowest BCUT2D eigenvalue weighted by molar-refractivity contribution is 0.0730. The van der Waals surface area contributed by atoms with Gasteiger partial charge in [-0.1, -0.05) is 12.1 Å². The number of hydrogen-bond acceptors (Lipinski definition) is 4. The number of aromatic amines is 1. The number of imidazole rings is 1. The van der Waals surface area contributed by atoms with Crippen LogP contribution in [0.1, 0.15) is 35.1 Å². The van der Waals surface area contributed by atoms with E-state index in [1.807, 2.05) is 53.4 Å². The van der Waals surface area contributed by atoms with Gasteiger partial charge in [-0.25, -0.2) is 14.6 Å². The Balaban J connectivity index is 1.41. The number of para-hydroxylation sites is 2. The van der Waals surface area contributed by atoms with Crippen LogP contribution in [0.5, 0.6) is 0 Å². The van der Waals surface area contributed by atoms with Gasteiger partial charge in [0.2, 0.25) is 0 Å². The molecule has 0 aliphatic carbocycles. The van der Waals surface area contributed by atoms with E-state index in [4.69, 9.17) is 4.98 Å². The lowest BCUT2D eigenvalue weighted by Gasteiger charge is -2.23. The molecule has 0 saturated carbocycles. The van der Waals surface area contributed by atoms with Crippen LogP contribution in [-0.4, -0.2) is 42.1 Å². The minimum Gasteiger partial charge on any atom is -0.340 e. The maximum absolute atomic E-state index is 13.1. The number of H-pyrrole nitrogens is 1. The topological polar surface area (TPSA) is 79.7 Å². The SMILES string of the molecule is O=C(c1ccc(-n2cncn2)cc1)N1CCCC1c1nc2ccccc2[nH]1. The molecule has 1 N–H and O–H groups in total. The molecule has 1 amide bonds. The second kappa shape index (κ2) is 6.35. The van der Waals surface area contributed by atoms with Crippen molar-refractivity contribution in [2.45, 2.75) is 18.9 Å². The monoisotopic (exact) mass is 358 g/mol. The van der Waals surface area contributed by atoms with Crippen LogP contribution in [0.25, 0.3) is 16.7 Å². The Bertz CT molecular complexity index is 1050. The first-order valence-electron chi connectivity index (χ1n) is 9.00. The number of amides is 1. The minimum atomic E-state index is -0.0140. The fourth-order valence-corrected chi connectivity index (χ4v) is 3.69. The Hall–Kier alpha value is -3.48. The molecule has 1 atom stereocenters. The molecule has 1 saturated heterocycles. The first-order valence-corrected chi connectivity index (χ1v) is 9.00. The molecule has 7 nitrogen and oxygen atoms in total. The molecule has 4 aromatic rings. The number of nitrogens with zero attached hydrogens (tertiary/aromatic N) is 5. The van der Waals surface area contributed by atoms with Gasteiger partial charge in [0.1, 0.15) is 18.5 Å². The third-order valence-corrected chi connectivity index (χ3v) is 5.03. The van der Waals surface area contributed by atoms with E-state index >= 15 is 0 Å². The van der Waals surface area contributed by atoms with Gasteiger partial charge in [-0.15, -0.1) is 0 Å². The summed E-state index contributed by atoms with van der Waals surface area (Å²) in [7, 11) is 0. The van der Waals surface area contributed by atoms with E-state index in [0.717, 1.165) is 41.9 Å². The molecule has 2 aromatic carbocycles. The highest BCUT2D eigenvalue weighted by Crippen LogP contribution is 2.32. The number of aromatic nitrogens is 5. The standard InChI is InChI=1S/C20H18N6O/c27-20(14-7-9-15(10-8-14)26-13-21-12-22-26)25-11-3-6-18(25)19-23-16-4-1-2-5-17(16)24-19/h1-2,4-5,7-10,12-13,18H,3,6,11H2,(H,23,24). The highest BCUT2D eigenvalue weighted by molar-refractivity contribution is 5.95. The van der Waals surface area contributed by atoms with E-state index < -0.39 is 0 Å². The van der Waals surface area contributed by atoms with Crippen LogP contribution < -0.4 is 0 Å². The number of carbonyl (C=O) groups is 1. The predicted molar refractivity (Wildman–Crippen MR) is 100 cm³/mol. The van der Waals surface area contributed by atoms with Gasteiger partial charge in [0.15, 0.2) is 0 Å². The quantitative estimate of drug-likeness (QED) is 0.610. The maximum atomic E-state index is 13.1. The first-order chi connectivity index (χ1) is 13.3. The molecule has 0 bridgehead atoms. The van der Waals surface area contributed by atoms with Gasteiger partial charge in [0.05, 0.1) is 22.8 Å². The normalized spacial score (nSPS) is 16.9. The number of carbonyl (C=O) groups excluding carboxylic acids is 1. The van der Waals surface area contributed by atoms with Crippen LogP contribution in [0.15, 0.2) is 61.2 Å². The van der Waals surface area contributed by atoms with Crippen molar-refractivity contribution < 1.29 is 4.79 Å². The van der Waals surface area contributed by atoms with Gasteiger partial charge >= 0.3 is 0 Å². The van der Waals surface area contributed by atoms with Crippen molar-refractivity contribution in [1.82, 2.24) is 29.6 Å². The van der Waals surface area contributed by atoms with Gasteiger partial charge in [0.25, 0.3) is 5.91 Å². The highest BCUT2D eigenvalue weighted by atomic mass is 16.2. The zero-order valence-corrected chi connectivity index (χ0v) is 14.6. The van der Waals surface area contributed by atoms with Crippen molar-refractivity contribution in [2.24, 2.45) is 0 Å². The Morgan fingerprint density at radius 1 is 1.11 bits per heavy atom. The second-order valence-electron chi connectivity index (χ2n) is 6.68. The molecule has 27 heavy (non-hydrogen) atoms. The van der Waals surface area contributed by atoms with Crippen LogP contribution in [0.2, 0.25) is 0 Å². The van der Waals surface area contributed by atoms with E-state index in [-0.39, 0.29) is 11.9 Å². The predicted octanol–water partition coefficient (Wildman–Crippen LogP) is 3.12. The van der Waals surface area contributed by atoms with Crippen LogP contribution in [0.3, 0.4) is 0 Å². The molecular formula is C20H18N6O. The van der Waals surface area contributed by atoms with E-state index in [1.54, 1.807) is 11.0 Å². The van der Waals surface area contributed by atoms with Crippen LogP contribution in [-0.2, 0) is 0 Å². The average Bonchev–Trinajstić information content (AvgIpc) is 3.47. The molecule has 2 aromatic heterocycles. The lowest BCUT2D eigenvalue weighted by atomic mass is 10.1. The van der Waals surface area contributed by atoms with Crippen LogP contribution >= 0.6 is 0 Å². The van der Waals surface area contributed by atoms with Crippen LogP contribution in [0.4, 0.5) is 0 Å². The summed E-state index contributed by atoms with van der Waals surface area (Å²) >= 11 is 0. The third kappa shape index (κ3) is 2.77. The summed E-state index contributed by atoms with van der Waals surface area (Å²) in [5.41, 5.74) is 3.48. The van der Waals surface area contributed by atoms with Crippen molar-refractivity contribution in [2.75, 3.05) is 6.54 Å². The van der Waals surface area contributed by atoms with Gasteiger partial charge in [0, 0.05) is 12.1 Å². The Morgan fingerprint density at radius 3 is 2.74 bits per heavy atom. The van der Waals surface area contributed by atoms with Crippen molar-refractivity contribution in [3.8, 4) is 5.69 Å². The summed E-state index contributed by atoms with van der Waals surface area (Å²) in [5.74, 6) is 0.893. The summed E-state index contributed by atoms with van der Waals surface area (Å²) in [6, 6.07) is 15.4. The number of likely N-dealkylation sites (tertiary alicyclic amines) is 1. The lowest BCUT2D eigenvalue weighted by Crippen LogP contribution is -2.31. The molecule has 1 fully saturated rings. The third-order valence-electron chi connectivity index (χ3n) is 5.03. The van der Waals surface area contributed by atoms with Gasteiger partial charge in [-0.05, 0) is 49.2 Å². The summed E-state index contributed by atoms with van der Waals surface area (Å²) in [6.45, 7) is 0.741. The van der Waals surface area contributed by atoms with Crippen LogP contribution in [0, 0.1) is 0 Å². The summed E-state index contributed by atoms with van der Waals surface area (Å²) in [5, 5.41) is 4.11. The average molecular weight is 358 g/mol.